The second-order valence-corrected chi connectivity index (χ2v) is 8.59. The molecule has 0 aromatic heterocycles. The number of hydrogen-bond acceptors (Lipinski definition) is 3. The number of guanidine groups is 1. The van der Waals surface area contributed by atoms with Gasteiger partial charge in [0.05, 0.1) is 0 Å². The highest BCUT2D eigenvalue weighted by molar-refractivity contribution is 5.90. The third-order valence-electron chi connectivity index (χ3n) is 5.98. The summed E-state index contributed by atoms with van der Waals surface area (Å²) in [6.07, 6.45) is 3.60. The van der Waals surface area contributed by atoms with Crippen molar-refractivity contribution in [3.63, 3.8) is 0 Å². The maximum absolute atomic E-state index is 11.7. The molecular formula is C26H37N5O. The fourth-order valence-electron chi connectivity index (χ4n) is 4.13. The van der Waals surface area contributed by atoms with Crippen LogP contribution >= 0.6 is 0 Å². The Hall–Kier alpha value is -2.86. The van der Waals surface area contributed by atoms with E-state index in [0.29, 0.717) is 25.0 Å². The van der Waals surface area contributed by atoms with Gasteiger partial charge < -0.3 is 16.0 Å². The van der Waals surface area contributed by atoms with Crippen molar-refractivity contribution in [3.05, 3.63) is 65.7 Å². The van der Waals surface area contributed by atoms with Gasteiger partial charge in [-0.15, -0.1) is 0 Å². The maximum atomic E-state index is 11.7. The number of anilines is 1. The fraction of sp³-hybridized carbons (Fsp3) is 0.462. The molecule has 1 saturated heterocycles. The van der Waals surface area contributed by atoms with Gasteiger partial charge in [-0.1, -0.05) is 49.4 Å². The number of benzene rings is 2. The van der Waals surface area contributed by atoms with E-state index in [9.17, 15) is 4.79 Å². The van der Waals surface area contributed by atoms with Crippen molar-refractivity contribution in [3.8, 4) is 0 Å². The summed E-state index contributed by atoms with van der Waals surface area (Å²) in [6.45, 7) is 7.09. The van der Waals surface area contributed by atoms with Gasteiger partial charge in [0, 0.05) is 50.9 Å². The second-order valence-electron chi connectivity index (χ2n) is 8.59. The van der Waals surface area contributed by atoms with E-state index in [0.717, 1.165) is 49.6 Å². The van der Waals surface area contributed by atoms with Crippen LogP contribution in [0.3, 0.4) is 0 Å². The van der Waals surface area contributed by atoms with E-state index in [2.05, 4.69) is 63.1 Å². The van der Waals surface area contributed by atoms with Crippen LogP contribution < -0.4 is 16.0 Å². The molecule has 2 aromatic rings. The Balaban J connectivity index is 1.43. The molecule has 0 saturated carbocycles. The van der Waals surface area contributed by atoms with E-state index >= 15 is 0 Å². The lowest BCUT2D eigenvalue weighted by atomic mass is 9.97. The van der Waals surface area contributed by atoms with Crippen LogP contribution in [0.15, 0.2) is 59.6 Å². The molecule has 3 N–H and O–H groups in total. The number of nitrogens with one attached hydrogen (secondary N) is 3. The van der Waals surface area contributed by atoms with Gasteiger partial charge in [-0.05, 0) is 49.4 Å². The van der Waals surface area contributed by atoms with Crippen LogP contribution in [0.2, 0.25) is 0 Å². The topological polar surface area (TPSA) is 68.8 Å². The first-order chi connectivity index (χ1) is 15.6. The number of likely N-dealkylation sites (tertiary alicyclic amines) is 1. The molecule has 172 valence electrons. The normalized spacial score (nSPS) is 19.4. The molecule has 1 aliphatic heterocycles. The van der Waals surface area contributed by atoms with E-state index in [1.165, 1.54) is 5.56 Å². The summed E-state index contributed by atoms with van der Waals surface area (Å²) in [5.74, 6) is 0.894. The van der Waals surface area contributed by atoms with Crippen molar-refractivity contribution in [1.82, 2.24) is 15.5 Å². The summed E-state index contributed by atoms with van der Waals surface area (Å²) in [5, 5.41) is 9.94. The summed E-state index contributed by atoms with van der Waals surface area (Å²) in [7, 11) is 1.82. The quantitative estimate of drug-likeness (QED) is 0.431. The minimum Gasteiger partial charge on any atom is -0.354 e. The van der Waals surface area contributed by atoms with E-state index in [-0.39, 0.29) is 5.91 Å². The number of amides is 1. The van der Waals surface area contributed by atoms with Gasteiger partial charge in [0.2, 0.25) is 5.91 Å². The number of carbonyl (C=O) groups excluding carboxylic acids is 1. The predicted molar refractivity (Wildman–Crippen MR) is 133 cm³/mol. The molecule has 2 unspecified atom stereocenters. The smallest absolute Gasteiger partial charge is 0.224 e. The third kappa shape index (κ3) is 7.38. The molecule has 6 heteroatoms. The molecule has 0 bridgehead atoms. The Labute approximate surface area is 192 Å². The fourth-order valence-corrected chi connectivity index (χ4v) is 4.13. The van der Waals surface area contributed by atoms with Gasteiger partial charge >= 0.3 is 0 Å². The van der Waals surface area contributed by atoms with Crippen LogP contribution in [-0.4, -0.2) is 42.4 Å². The Morgan fingerprint density at radius 2 is 1.84 bits per heavy atom. The maximum Gasteiger partial charge on any atom is 0.224 e. The molecule has 2 aromatic carbocycles. The zero-order chi connectivity index (χ0) is 22.8. The molecule has 0 aliphatic carbocycles. The van der Waals surface area contributed by atoms with Crippen molar-refractivity contribution in [2.24, 2.45) is 4.99 Å². The standard InChI is InChI=1S/C26H37N5O/c1-4-8-25(32)29-23-13-11-21(12-14-23)18-28-26(27-3)30-24-15-16-31(20(2)17-24)19-22-9-6-5-7-10-22/h5-7,9-14,20,24H,4,8,15-19H2,1-3H3,(H,29,32)(H2,27,28,30). The number of piperidine rings is 1. The van der Waals surface area contributed by atoms with E-state index in [1.54, 1.807) is 0 Å². The van der Waals surface area contributed by atoms with Gasteiger partial charge in [0.25, 0.3) is 0 Å². The third-order valence-corrected chi connectivity index (χ3v) is 5.98. The zero-order valence-corrected chi connectivity index (χ0v) is 19.6. The van der Waals surface area contributed by atoms with Crippen LogP contribution in [-0.2, 0) is 17.9 Å². The van der Waals surface area contributed by atoms with Crippen molar-refractivity contribution in [2.75, 3.05) is 18.9 Å². The number of aliphatic imine (C=N–C) groups is 1. The number of hydrogen-bond donors (Lipinski definition) is 3. The predicted octanol–water partition coefficient (Wildman–Crippen LogP) is 4.14. The Kier molecular flexibility index (Phi) is 9.11. The Morgan fingerprint density at radius 1 is 1.09 bits per heavy atom. The number of nitrogens with zero attached hydrogens (tertiary/aromatic N) is 2. The molecule has 32 heavy (non-hydrogen) atoms. The summed E-state index contributed by atoms with van der Waals surface area (Å²) in [5.41, 5.74) is 3.36. The lowest BCUT2D eigenvalue weighted by Crippen LogP contribution is -2.51. The minimum atomic E-state index is 0.0621. The van der Waals surface area contributed by atoms with Gasteiger partial charge in [0.1, 0.15) is 0 Å². The first kappa shape index (κ1) is 23.8. The SMILES string of the molecule is CCCC(=O)Nc1ccc(CNC(=NC)NC2CCN(Cc3ccccc3)C(C)C2)cc1. The summed E-state index contributed by atoms with van der Waals surface area (Å²) >= 11 is 0. The summed E-state index contributed by atoms with van der Waals surface area (Å²) < 4.78 is 0. The van der Waals surface area contributed by atoms with E-state index in [4.69, 9.17) is 0 Å². The Morgan fingerprint density at radius 3 is 2.50 bits per heavy atom. The highest BCUT2D eigenvalue weighted by Crippen LogP contribution is 2.20. The number of carbonyl (C=O) groups is 1. The highest BCUT2D eigenvalue weighted by atomic mass is 16.1. The van der Waals surface area contributed by atoms with Crippen molar-refractivity contribution < 1.29 is 4.79 Å². The summed E-state index contributed by atoms with van der Waals surface area (Å²) in [6, 6.07) is 19.6. The monoisotopic (exact) mass is 435 g/mol. The Bertz CT molecular complexity index is 866. The molecule has 0 radical (unpaired) electrons. The largest absolute Gasteiger partial charge is 0.354 e. The van der Waals surface area contributed by atoms with Crippen LogP contribution in [0.4, 0.5) is 5.69 Å². The molecule has 1 aliphatic rings. The lowest BCUT2D eigenvalue weighted by molar-refractivity contribution is -0.116. The number of rotatable bonds is 8. The average molecular weight is 436 g/mol. The molecular weight excluding hydrogens is 398 g/mol. The first-order valence-electron chi connectivity index (χ1n) is 11.7. The first-order valence-corrected chi connectivity index (χ1v) is 11.7. The molecule has 3 rings (SSSR count). The molecule has 6 nitrogen and oxygen atoms in total. The van der Waals surface area contributed by atoms with Gasteiger partial charge in [0.15, 0.2) is 5.96 Å². The van der Waals surface area contributed by atoms with Gasteiger partial charge in [-0.2, -0.15) is 0 Å². The molecule has 1 amide bonds. The van der Waals surface area contributed by atoms with E-state index < -0.39 is 0 Å². The lowest BCUT2D eigenvalue weighted by Gasteiger charge is -2.38. The molecule has 1 fully saturated rings. The molecule has 1 heterocycles. The van der Waals surface area contributed by atoms with Gasteiger partial charge in [-0.3, -0.25) is 14.7 Å². The van der Waals surface area contributed by atoms with Crippen LogP contribution in [0.5, 0.6) is 0 Å². The minimum absolute atomic E-state index is 0.0621. The summed E-state index contributed by atoms with van der Waals surface area (Å²) in [4.78, 5) is 18.7. The average Bonchev–Trinajstić information content (AvgIpc) is 2.80. The highest BCUT2D eigenvalue weighted by Gasteiger charge is 2.25. The molecule has 2 atom stereocenters. The van der Waals surface area contributed by atoms with Crippen molar-refractivity contribution >= 4 is 17.6 Å². The van der Waals surface area contributed by atoms with Crippen LogP contribution in [0, 0.1) is 0 Å². The van der Waals surface area contributed by atoms with E-state index in [1.807, 2.05) is 38.2 Å². The molecule has 0 spiro atoms. The zero-order valence-electron chi connectivity index (χ0n) is 19.6. The van der Waals surface area contributed by atoms with Crippen LogP contribution in [0.1, 0.15) is 50.7 Å². The van der Waals surface area contributed by atoms with Crippen molar-refractivity contribution in [2.45, 2.75) is 64.7 Å². The van der Waals surface area contributed by atoms with Crippen molar-refractivity contribution in [1.29, 1.82) is 0 Å². The van der Waals surface area contributed by atoms with Crippen LogP contribution in [0.25, 0.3) is 0 Å². The van der Waals surface area contributed by atoms with Gasteiger partial charge in [-0.25, -0.2) is 0 Å². The second kappa shape index (κ2) is 12.2.